The Bertz CT molecular complexity index is 546. The lowest BCUT2D eigenvalue weighted by molar-refractivity contribution is 0.487. The Kier molecular flexibility index (Phi) is 2.13. The van der Waals surface area contributed by atoms with Crippen molar-refractivity contribution in [3.05, 3.63) is 41.7 Å². The third-order valence-electron chi connectivity index (χ3n) is 3.50. The molecule has 1 aromatic heterocycles. The summed E-state index contributed by atoms with van der Waals surface area (Å²) in [5, 5.41) is 1.29. The van der Waals surface area contributed by atoms with Gasteiger partial charge in [0, 0.05) is 10.9 Å². The summed E-state index contributed by atoms with van der Waals surface area (Å²) in [6.45, 7) is 4.57. The van der Waals surface area contributed by atoms with Gasteiger partial charge in [0.25, 0.3) is 0 Å². The second kappa shape index (κ2) is 3.51. The van der Waals surface area contributed by atoms with E-state index >= 15 is 0 Å². The van der Waals surface area contributed by atoms with Crippen molar-refractivity contribution >= 4 is 17.0 Å². The van der Waals surface area contributed by atoms with Gasteiger partial charge in [0.05, 0.1) is 0 Å². The highest BCUT2D eigenvalue weighted by Gasteiger charge is 2.25. The minimum atomic E-state index is 0.601. The molecule has 1 aromatic carbocycles. The van der Waals surface area contributed by atoms with Crippen LogP contribution in [0.15, 0.2) is 34.8 Å². The highest BCUT2D eigenvalue weighted by Crippen LogP contribution is 2.41. The molecule has 1 heteroatoms. The second-order valence-electron chi connectivity index (χ2n) is 4.86. The minimum absolute atomic E-state index is 0.601. The maximum Gasteiger partial charge on any atom is 0.135 e. The molecule has 2 aromatic rings. The Hall–Kier alpha value is -1.50. The molecule has 0 saturated heterocycles. The molecule has 1 aliphatic carbocycles. The van der Waals surface area contributed by atoms with Gasteiger partial charge in [0.15, 0.2) is 0 Å². The quantitative estimate of drug-likeness (QED) is 0.673. The standard InChI is InChI=1S/C15H16O/c1-10(2)11-7-5-9-14-15(11)12-6-3-4-8-13(12)16-14/h3-6,8-11H,7H2,1-2H3. The molecule has 1 unspecified atom stereocenters. The summed E-state index contributed by atoms with van der Waals surface area (Å²) in [5.74, 6) is 2.32. The lowest BCUT2D eigenvalue weighted by Crippen LogP contribution is -2.08. The van der Waals surface area contributed by atoms with E-state index in [4.69, 9.17) is 4.42 Å². The Morgan fingerprint density at radius 1 is 1.25 bits per heavy atom. The SMILES string of the molecule is CC(C)C1CC=Cc2oc3ccccc3c21. The van der Waals surface area contributed by atoms with Crippen LogP contribution in [0.4, 0.5) is 0 Å². The van der Waals surface area contributed by atoms with E-state index in [0.29, 0.717) is 11.8 Å². The number of furan rings is 1. The van der Waals surface area contributed by atoms with Crippen molar-refractivity contribution in [1.82, 2.24) is 0 Å². The molecule has 0 N–H and O–H groups in total. The topological polar surface area (TPSA) is 13.1 Å². The van der Waals surface area contributed by atoms with Crippen LogP contribution < -0.4 is 0 Å². The Morgan fingerprint density at radius 2 is 2.06 bits per heavy atom. The predicted molar refractivity (Wildman–Crippen MR) is 67.4 cm³/mol. The summed E-state index contributed by atoms with van der Waals surface area (Å²) >= 11 is 0. The molecule has 0 aliphatic heterocycles. The normalized spacial score (nSPS) is 19.3. The van der Waals surface area contributed by atoms with Gasteiger partial charge in [-0.25, -0.2) is 0 Å². The molecule has 16 heavy (non-hydrogen) atoms. The number of benzene rings is 1. The molecule has 3 rings (SSSR count). The van der Waals surface area contributed by atoms with Gasteiger partial charge < -0.3 is 4.42 Å². The van der Waals surface area contributed by atoms with Crippen molar-refractivity contribution in [3.63, 3.8) is 0 Å². The summed E-state index contributed by atoms with van der Waals surface area (Å²) in [4.78, 5) is 0. The van der Waals surface area contributed by atoms with Crippen molar-refractivity contribution in [1.29, 1.82) is 0 Å². The molecule has 0 spiro atoms. The van der Waals surface area contributed by atoms with Crippen LogP contribution in [0.3, 0.4) is 0 Å². The smallest absolute Gasteiger partial charge is 0.135 e. The highest BCUT2D eigenvalue weighted by atomic mass is 16.3. The minimum Gasteiger partial charge on any atom is -0.456 e. The summed E-state index contributed by atoms with van der Waals surface area (Å²) < 4.78 is 5.88. The van der Waals surface area contributed by atoms with E-state index in [9.17, 15) is 0 Å². The van der Waals surface area contributed by atoms with E-state index in [1.54, 1.807) is 0 Å². The number of hydrogen-bond acceptors (Lipinski definition) is 1. The van der Waals surface area contributed by atoms with E-state index < -0.39 is 0 Å². The van der Waals surface area contributed by atoms with Gasteiger partial charge in [-0.05, 0) is 30.4 Å². The maximum absolute atomic E-state index is 5.88. The third kappa shape index (κ3) is 1.31. The molecule has 82 valence electrons. The number of rotatable bonds is 1. The fourth-order valence-electron chi connectivity index (χ4n) is 2.64. The van der Waals surface area contributed by atoms with Gasteiger partial charge in [-0.2, -0.15) is 0 Å². The Morgan fingerprint density at radius 3 is 2.88 bits per heavy atom. The molecule has 0 fully saturated rings. The number of para-hydroxylation sites is 1. The molecule has 1 aliphatic rings. The fourth-order valence-corrected chi connectivity index (χ4v) is 2.64. The molecular formula is C15H16O. The van der Waals surface area contributed by atoms with Crippen molar-refractivity contribution in [2.45, 2.75) is 26.2 Å². The molecule has 1 heterocycles. The van der Waals surface area contributed by atoms with Crippen LogP contribution in [0.1, 0.15) is 37.5 Å². The molecule has 0 radical (unpaired) electrons. The third-order valence-corrected chi connectivity index (χ3v) is 3.50. The van der Waals surface area contributed by atoms with Crippen molar-refractivity contribution in [2.75, 3.05) is 0 Å². The van der Waals surface area contributed by atoms with Crippen LogP contribution in [0.2, 0.25) is 0 Å². The van der Waals surface area contributed by atoms with E-state index in [2.05, 4.69) is 44.2 Å². The van der Waals surface area contributed by atoms with E-state index in [-0.39, 0.29) is 0 Å². The van der Waals surface area contributed by atoms with Crippen molar-refractivity contribution in [3.8, 4) is 0 Å². The van der Waals surface area contributed by atoms with Crippen LogP contribution in [-0.4, -0.2) is 0 Å². The zero-order valence-corrected chi connectivity index (χ0v) is 9.73. The molecule has 0 bridgehead atoms. The summed E-state index contributed by atoms with van der Waals surface area (Å²) in [5.41, 5.74) is 2.43. The van der Waals surface area contributed by atoms with Gasteiger partial charge in [0.1, 0.15) is 11.3 Å². The average Bonchev–Trinajstić information content (AvgIpc) is 2.66. The van der Waals surface area contributed by atoms with Crippen molar-refractivity contribution in [2.24, 2.45) is 5.92 Å². The first-order chi connectivity index (χ1) is 7.77. The fraction of sp³-hybridized carbons (Fsp3) is 0.333. The summed E-state index contributed by atoms with van der Waals surface area (Å²) in [6, 6.07) is 8.35. The number of fused-ring (bicyclic) bond motifs is 3. The molecular weight excluding hydrogens is 196 g/mol. The van der Waals surface area contributed by atoms with Crippen LogP contribution in [0.25, 0.3) is 17.0 Å². The van der Waals surface area contributed by atoms with E-state index in [0.717, 1.165) is 17.8 Å². The Labute approximate surface area is 95.8 Å². The second-order valence-corrected chi connectivity index (χ2v) is 4.86. The van der Waals surface area contributed by atoms with Crippen LogP contribution >= 0.6 is 0 Å². The average molecular weight is 212 g/mol. The monoisotopic (exact) mass is 212 g/mol. The zero-order valence-electron chi connectivity index (χ0n) is 9.73. The largest absolute Gasteiger partial charge is 0.456 e. The first kappa shape index (κ1) is 9.71. The summed E-state index contributed by atoms with van der Waals surface area (Å²) in [7, 11) is 0. The molecule has 0 saturated carbocycles. The highest BCUT2D eigenvalue weighted by molar-refractivity contribution is 5.86. The van der Waals surface area contributed by atoms with Gasteiger partial charge in [0.2, 0.25) is 0 Å². The van der Waals surface area contributed by atoms with Gasteiger partial charge >= 0.3 is 0 Å². The number of hydrogen-bond donors (Lipinski definition) is 0. The molecule has 1 atom stereocenters. The van der Waals surface area contributed by atoms with Crippen molar-refractivity contribution < 1.29 is 4.42 Å². The Balaban J connectivity index is 2.29. The molecule has 1 nitrogen and oxygen atoms in total. The van der Waals surface area contributed by atoms with Crippen LogP contribution in [0.5, 0.6) is 0 Å². The van der Waals surface area contributed by atoms with E-state index in [1.165, 1.54) is 10.9 Å². The van der Waals surface area contributed by atoms with E-state index in [1.807, 2.05) is 6.07 Å². The lowest BCUT2D eigenvalue weighted by atomic mass is 9.81. The first-order valence-electron chi connectivity index (χ1n) is 5.95. The number of allylic oxidation sites excluding steroid dienone is 1. The predicted octanol–water partition coefficient (Wildman–Crippen LogP) is 4.59. The van der Waals surface area contributed by atoms with Gasteiger partial charge in [-0.1, -0.05) is 38.1 Å². The first-order valence-corrected chi connectivity index (χ1v) is 5.95. The summed E-state index contributed by atoms with van der Waals surface area (Å²) in [6.07, 6.45) is 5.48. The maximum atomic E-state index is 5.88. The van der Waals surface area contributed by atoms with Crippen LogP contribution in [0, 0.1) is 5.92 Å². The van der Waals surface area contributed by atoms with Crippen LogP contribution in [-0.2, 0) is 0 Å². The van der Waals surface area contributed by atoms with Gasteiger partial charge in [-0.15, -0.1) is 0 Å². The molecule has 0 amide bonds. The zero-order chi connectivity index (χ0) is 11.1. The lowest BCUT2D eigenvalue weighted by Gasteiger charge is -2.22. The van der Waals surface area contributed by atoms with Gasteiger partial charge in [-0.3, -0.25) is 0 Å².